The summed E-state index contributed by atoms with van der Waals surface area (Å²) >= 11 is 1.74. The minimum absolute atomic E-state index is 0.297. The monoisotopic (exact) mass is 433 g/mol. The molecule has 0 atom stereocenters. The van der Waals surface area contributed by atoms with Crippen molar-refractivity contribution >= 4 is 22.7 Å². The zero-order chi connectivity index (χ0) is 21.3. The Morgan fingerprint density at radius 2 is 1.81 bits per heavy atom. The average Bonchev–Trinajstić information content (AvgIpc) is 2.81. The fourth-order valence-corrected chi connectivity index (χ4v) is 3.99. The molecule has 0 aliphatic heterocycles. The number of halogens is 1. The molecule has 0 aliphatic rings. The number of thioether (sulfide) groups is 1. The number of fused-ring (bicyclic) bond motifs is 1. The molecular weight excluding hydrogens is 409 g/mol. The van der Waals surface area contributed by atoms with Crippen molar-refractivity contribution in [1.82, 2.24) is 15.3 Å². The zero-order valence-corrected chi connectivity index (χ0v) is 17.9. The molecule has 4 rings (SSSR count). The number of nitrogens with zero attached hydrogens (tertiary/aromatic N) is 2. The van der Waals surface area contributed by atoms with Crippen molar-refractivity contribution in [1.29, 1.82) is 0 Å². The van der Waals surface area contributed by atoms with Gasteiger partial charge in [0.1, 0.15) is 5.82 Å². The van der Waals surface area contributed by atoms with Crippen LogP contribution in [0.2, 0.25) is 0 Å². The lowest BCUT2D eigenvalue weighted by Gasteiger charge is -2.13. The van der Waals surface area contributed by atoms with Crippen LogP contribution in [0, 0.1) is 5.82 Å². The molecule has 0 spiro atoms. The van der Waals surface area contributed by atoms with Gasteiger partial charge in [0.2, 0.25) is 5.88 Å². The van der Waals surface area contributed by atoms with Crippen LogP contribution in [0.5, 0.6) is 5.88 Å². The SMILES string of the molecule is Fc1ccc2cc(CNCCc3ccncc3)c(OCCSc3ccccc3)nc2c1. The maximum absolute atomic E-state index is 13.7. The third kappa shape index (κ3) is 6.26. The first-order chi connectivity index (χ1) is 15.3. The van der Waals surface area contributed by atoms with Crippen molar-refractivity contribution < 1.29 is 9.13 Å². The topological polar surface area (TPSA) is 47.0 Å². The third-order valence-corrected chi connectivity index (χ3v) is 5.78. The molecule has 0 bridgehead atoms. The number of rotatable bonds is 10. The van der Waals surface area contributed by atoms with E-state index in [0.29, 0.717) is 24.5 Å². The van der Waals surface area contributed by atoms with Crippen molar-refractivity contribution in [3.05, 3.63) is 96.1 Å². The van der Waals surface area contributed by atoms with Crippen LogP contribution in [0.15, 0.2) is 84.0 Å². The van der Waals surface area contributed by atoms with Gasteiger partial charge in [-0.25, -0.2) is 9.37 Å². The first kappa shape index (κ1) is 21.3. The van der Waals surface area contributed by atoms with Crippen LogP contribution in [0.3, 0.4) is 0 Å². The molecule has 0 saturated carbocycles. The summed E-state index contributed by atoms with van der Waals surface area (Å²) in [4.78, 5) is 9.85. The van der Waals surface area contributed by atoms with Gasteiger partial charge in [-0.3, -0.25) is 4.98 Å². The molecule has 0 aliphatic carbocycles. The van der Waals surface area contributed by atoms with Crippen LogP contribution >= 0.6 is 11.8 Å². The van der Waals surface area contributed by atoms with E-state index in [0.717, 1.165) is 29.7 Å². The molecule has 0 radical (unpaired) electrons. The van der Waals surface area contributed by atoms with E-state index in [1.54, 1.807) is 30.2 Å². The molecular formula is C25H24FN3OS. The van der Waals surface area contributed by atoms with Gasteiger partial charge in [-0.15, -0.1) is 11.8 Å². The van der Waals surface area contributed by atoms with Gasteiger partial charge < -0.3 is 10.1 Å². The van der Waals surface area contributed by atoms with Crippen molar-refractivity contribution in [3.63, 3.8) is 0 Å². The van der Waals surface area contributed by atoms with Crippen LogP contribution in [0.25, 0.3) is 10.9 Å². The summed E-state index contributed by atoms with van der Waals surface area (Å²) in [5.41, 5.74) is 2.81. The van der Waals surface area contributed by atoms with Gasteiger partial charge in [0.25, 0.3) is 0 Å². The van der Waals surface area contributed by atoms with Crippen molar-refractivity contribution in [3.8, 4) is 5.88 Å². The highest BCUT2D eigenvalue weighted by atomic mass is 32.2. The molecule has 2 heterocycles. The summed E-state index contributed by atoms with van der Waals surface area (Å²) in [5.74, 6) is 1.07. The van der Waals surface area contributed by atoms with E-state index in [-0.39, 0.29) is 5.82 Å². The largest absolute Gasteiger partial charge is 0.477 e. The van der Waals surface area contributed by atoms with Gasteiger partial charge in [0.15, 0.2) is 0 Å². The van der Waals surface area contributed by atoms with E-state index in [1.807, 2.05) is 36.4 Å². The number of nitrogens with one attached hydrogen (secondary N) is 1. The summed E-state index contributed by atoms with van der Waals surface area (Å²) in [6.45, 7) is 1.98. The highest BCUT2D eigenvalue weighted by molar-refractivity contribution is 7.99. The Morgan fingerprint density at radius 1 is 0.968 bits per heavy atom. The molecule has 4 nitrogen and oxygen atoms in total. The predicted molar refractivity (Wildman–Crippen MR) is 124 cm³/mol. The number of benzene rings is 2. The quantitative estimate of drug-likeness (QED) is 0.273. The van der Waals surface area contributed by atoms with Gasteiger partial charge in [-0.2, -0.15) is 0 Å². The maximum Gasteiger partial charge on any atom is 0.218 e. The Bertz CT molecular complexity index is 1110. The molecule has 0 fully saturated rings. The number of ether oxygens (including phenoxy) is 1. The number of hydrogen-bond acceptors (Lipinski definition) is 5. The average molecular weight is 434 g/mol. The maximum atomic E-state index is 13.7. The standard InChI is InChI=1S/C25H24FN3OS/c26-22-7-6-20-16-21(18-28-13-10-19-8-11-27-12-9-19)25(29-24(20)17-22)30-14-15-31-23-4-2-1-3-5-23/h1-9,11-12,16-17,28H,10,13-15,18H2. The van der Waals surface area contributed by atoms with Crippen LogP contribution in [-0.4, -0.2) is 28.9 Å². The highest BCUT2D eigenvalue weighted by Crippen LogP contribution is 2.24. The summed E-state index contributed by atoms with van der Waals surface area (Å²) < 4.78 is 19.7. The van der Waals surface area contributed by atoms with Crippen molar-refractivity contribution in [2.75, 3.05) is 18.9 Å². The number of pyridine rings is 2. The lowest BCUT2D eigenvalue weighted by Crippen LogP contribution is -2.18. The molecule has 4 aromatic rings. The summed E-state index contributed by atoms with van der Waals surface area (Å²) in [5, 5.41) is 4.36. The van der Waals surface area contributed by atoms with Crippen molar-refractivity contribution in [2.45, 2.75) is 17.9 Å². The molecule has 1 N–H and O–H groups in total. The summed E-state index contributed by atoms with van der Waals surface area (Å²) in [7, 11) is 0. The first-order valence-corrected chi connectivity index (χ1v) is 11.3. The van der Waals surface area contributed by atoms with Gasteiger partial charge >= 0.3 is 0 Å². The van der Waals surface area contributed by atoms with Crippen LogP contribution < -0.4 is 10.1 Å². The van der Waals surface area contributed by atoms with Crippen LogP contribution in [0.4, 0.5) is 4.39 Å². The van der Waals surface area contributed by atoms with Gasteiger partial charge in [0, 0.05) is 46.6 Å². The molecule has 0 unspecified atom stereocenters. The highest BCUT2D eigenvalue weighted by Gasteiger charge is 2.10. The predicted octanol–water partition coefficient (Wildman–Crippen LogP) is 5.27. The van der Waals surface area contributed by atoms with Gasteiger partial charge in [-0.1, -0.05) is 18.2 Å². The van der Waals surface area contributed by atoms with E-state index < -0.39 is 0 Å². The fourth-order valence-electron chi connectivity index (χ4n) is 3.24. The molecule has 2 aromatic heterocycles. The minimum Gasteiger partial charge on any atom is -0.477 e. The Morgan fingerprint density at radius 3 is 2.65 bits per heavy atom. The van der Waals surface area contributed by atoms with Crippen LogP contribution in [0.1, 0.15) is 11.1 Å². The Balaban J connectivity index is 1.40. The molecule has 6 heteroatoms. The second kappa shape index (κ2) is 10.9. The summed E-state index contributed by atoms with van der Waals surface area (Å²) in [6, 6.07) is 21.0. The minimum atomic E-state index is -0.297. The second-order valence-corrected chi connectivity index (χ2v) is 8.25. The number of aromatic nitrogens is 2. The molecule has 158 valence electrons. The van der Waals surface area contributed by atoms with E-state index in [2.05, 4.69) is 27.4 Å². The second-order valence-electron chi connectivity index (χ2n) is 7.08. The number of hydrogen-bond donors (Lipinski definition) is 1. The van der Waals surface area contributed by atoms with E-state index in [9.17, 15) is 4.39 Å². The van der Waals surface area contributed by atoms with Crippen molar-refractivity contribution in [2.24, 2.45) is 0 Å². The first-order valence-electron chi connectivity index (χ1n) is 10.3. The third-order valence-electron chi connectivity index (χ3n) is 4.81. The molecule has 0 saturated heterocycles. The van der Waals surface area contributed by atoms with Gasteiger partial charge in [-0.05, 0) is 61.0 Å². The Labute approximate surface area is 185 Å². The zero-order valence-electron chi connectivity index (χ0n) is 17.1. The van der Waals surface area contributed by atoms with Gasteiger partial charge in [0.05, 0.1) is 12.1 Å². The van der Waals surface area contributed by atoms with E-state index in [4.69, 9.17) is 4.74 Å². The van der Waals surface area contributed by atoms with E-state index in [1.165, 1.54) is 22.6 Å². The fraction of sp³-hybridized carbons (Fsp3) is 0.200. The molecule has 2 aromatic carbocycles. The molecule has 0 amide bonds. The van der Waals surface area contributed by atoms with E-state index >= 15 is 0 Å². The lowest BCUT2D eigenvalue weighted by molar-refractivity contribution is 0.326. The normalized spacial score (nSPS) is 11.0. The van der Waals surface area contributed by atoms with Crippen LogP contribution in [-0.2, 0) is 13.0 Å². The molecule has 31 heavy (non-hydrogen) atoms. The Hall–Kier alpha value is -2.96. The summed E-state index contributed by atoms with van der Waals surface area (Å²) in [6.07, 6.45) is 4.53. The smallest absolute Gasteiger partial charge is 0.218 e. The lowest BCUT2D eigenvalue weighted by atomic mass is 10.1. The Kier molecular flexibility index (Phi) is 7.47.